The van der Waals surface area contributed by atoms with E-state index in [-0.39, 0.29) is 0 Å². The first-order valence-corrected chi connectivity index (χ1v) is 3.42. The van der Waals surface area contributed by atoms with E-state index >= 15 is 0 Å². The number of H-pyrrole nitrogens is 2. The SMILES string of the molecule is c1cc([N]c2cc[nH]c2)c[nH]1. The molecule has 0 fully saturated rings. The summed E-state index contributed by atoms with van der Waals surface area (Å²) >= 11 is 0. The Balaban J connectivity index is 2.14. The number of hydrogen-bond donors (Lipinski definition) is 2. The van der Waals surface area contributed by atoms with Gasteiger partial charge in [0.05, 0.1) is 11.4 Å². The van der Waals surface area contributed by atoms with Gasteiger partial charge in [-0.2, -0.15) is 0 Å². The van der Waals surface area contributed by atoms with Gasteiger partial charge in [0.25, 0.3) is 0 Å². The van der Waals surface area contributed by atoms with Gasteiger partial charge in [-0.3, -0.25) is 0 Å². The van der Waals surface area contributed by atoms with Crippen molar-refractivity contribution in [1.29, 1.82) is 0 Å². The van der Waals surface area contributed by atoms with Crippen molar-refractivity contribution in [3.63, 3.8) is 0 Å². The van der Waals surface area contributed by atoms with Crippen molar-refractivity contribution >= 4 is 11.4 Å². The third-order valence-electron chi connectivity index (χ3n) is 1.42. The highest BCUT2D eigenvalue weighted by molar-refractivity contribution is 5.45. The van der Waals surface area contributed by atoms with Gasteiger partial charge < -0.3 is 9.97 Å². The van der Waals surface area contributed by atoms with E-state index in [4.69, 9.17) is 0 Å². The van der Waals surface area contributed by atoms with Crippen LogP contribution in [0.25, 0.3) is 0 Å². The van der Waals surface area contributed by atoms with Crippen LogP contribution in [0, 0.1) is 0 Å². The molecule has 0 saturated carbocycles. The van der Waals surface area contributed by atoms with Crippen LogP contribution in [-0.4, -0.2) is 9.97 Å². The number of aromatic amines is 2. The van der Waals surface area contributed by atoms with Crippen molar-refractivity contribution in [3.05, 3.63) is 36.9 Å². The summed E-state index contributed by atoms with van der Waals surface area (Å²) in [6.45, 7) is 0. The number of aromatic nitrogens is 2. The molecule has 0 amide bonds. The van der Waals surface area contributed by atoms with E-state index in [0.29, 0.717) is 0 Å². The molecular formula is C8H8N3. The highest BCUT2D eigenvalue weighted by Crippen LogP contribution is 2.13. The largest absolute Gasteiger partial charge is 0.366 e. The van der Waals surface area contributed by atoms with Crippen molar-refractivity contribution in [1.82, 2.24) is 15.3 Å². The second-order valence-corrected chi connectivity index (χ2v) is 2.25. The van der Waals surface area contributed by atoms with Crippen LogP contribution in [0.4, 0.5) is 11.4 Å². The molecule has 0 spiro atoms. The monoisotopic (exact) mass is 146 g/mol. The maximum absolute atomic E-state index is 4.30. The summed E-state index contributed by atoms with van der Waals surface area (Å²) in [6, 6.07) is 3.85. The zero-order valence-electron chi connectivity index (χ0n) is 5.91. The third kappa shape index (κ3) is 1.26. The van der Waals surface area contributed by atoms with Gasteiger partial charge in [-0.1, -0.05) is 0 Å². The summed E-state index contributed by atoms with van der Waals surface area (Å²) in [5, 5.41) is 4.30. The van der Waals surface area contributed by atoms with Crippen LogP contribution in [-0.2, 0) is 0 Å². The molecule has 0 bridgehead atoms. The lowest BCUT2D eigenvalue weighted by atomic mass is 10.4. The lowest BCUT2D eigenvalue weighted by Gasteiger charge is -1.92. The highest BCUT2D eigenvalue weighted by atomic mass is 14.9. The third-order valence-corrected chi connectivity index (χ3v) is 1.42. The molecule has 0 aromatic carbocycles. The minimum atomic E-state index is 0.949. The molecule has 3 nitrogen and oxygen atoms in total. The molecule has 2 aromatic rings. The number of nitrogens with one attached hydrogen (secondary N) is 2. The van der Waals surface area contributed by atoms with Crippen LogP contribution in [0.5, 0.6) is 0 Å². The van der Waals surface area contributed by atoms with E-state index in [1.165, 1.54) is 0 Å². The van der Waals surface area contributed by atoms with Crippen molar-refractivity contribution in [3.8, 4) is 0 Å². The quantitative estimate of drug-likeness (QED) is 0.650. The number of hydrogen-bond acceptors (Lipinski definition) is 0. The molecule has 2 aromatic heterocycles. The smallest absolute Gasteiger partial charge is 0.0811 e. The van der Waals surface area contributed by atoms with Gasteiger partial charge in [0, 0.05) is 24.8 Å². The van der Waals surface area contributed by atoms with E-state index in [1.807, 2.05) is 36.9 Å². The molecule has 11 heavy (non-hydrogen) atoms. The van der Waals surface area contributed by atoms with Crippen LogP contribution in [0.2, 0.25) is 0 Å². The van der Waals surface area contributed by atoms with Crippen molar-refractivity contribution in [2.75, 3.05) is 0 Å². The van der Waals surface area contributed by atoms with E-state index in [0.717, 1.165) is 11.4 Å². The lowest BCUT2D eigenvalue weighted by molar-refractivity contribution is 1.19. The summed E-state index contributed by atoms with van der Waals surface area (Å²) in [5.41, 5.74) is 1.90. The van der Waals surface area contributed by atoms with Crippen LogP contribution in [0.15, 0.2) is 36.9 Å². The minimum Gasteiger partial charge on any atom is -0.366 e. The fraction of sp³-hybridized carbons (Fsp3) is 0. The Morgan fingerprint density at radius 1 is 0.909 bits per heavy atom. The Labute approximate surface area is 64.5 Å². The average Bonchev–Trinajstić information content (AvgIpc) is 2.60. The lowest BCUT2D eigenvalue weighted by Crippen LogP contribution is -1.82. The van der Waals surface area contributed by atoms with Crippen LogP contribution in [0.1, 0.15) is 0 Å². The van der Waals surface area contributed by atoms with Crippen LogP contribution in [0.3, 0.4) is 0 Å². The standard InChI is InChI=1S/C8H8N3/c1-3-9-5-7(1)11-8-2-4-10-6-8/h1-6,9-10H. The topological polar surface area (TPSA) is 45.7 Å². The molecule has 0 atom stereocenters. The number of nitrogens with zero attached hydrogens (tertiary/aromatic N) is 1. The molecule has 2 N–H and O–H groups in total. The molecule has 0 aliphatic carbocycles. The summed E-state index contributed by atoms with van der Waals surface area (Å²) in [4.78, 5) is 5.88. The van der Waals surface area contributed by atoms with E-state index in [9.17, 15) is 0 Å². The second-order valence-electron chi connectivity index (χ2n) is 2.25. The minimum absolute atomic E-state index is 0.949. The molecule has 0 aliphatic rings. The maximum atomic E-state index is 4.30. The summed E-state index contributed by atoms with van der Waals surface area (Å²) in [6.07, 6.45) is 7.41. The Hall–Kier alpha value is -1.64. The zero-order valence-corrected chi connectivity index (χ0v) is 5.91. The first-order valence-electron chi connectivity index (χ1n) is 3.42. The molecule has 0 saturated heterocycles. The predicted octanol–water partition coefficient (Wildman–Crippen LogP) is 1.91. The van der Waals surface area contributed by atoms with Crippen LogP contribution < -0.4 is 5.32 Å². The normalized spacial score (nSPS) is 9.82. The molecular weight excluding hydrogens is 138 g/mol. The molecule has 0 aliphatic heterocycles. The molecule has 55 valence electrons. The molecule has 1 radical (unpaired) electrons. The summed E-state index contributed by atoms with van der Waals surface area (Å²) in [5.74, 6) is 0. The van der Waals surface area contributed by atoms with Crippen molar-refractivity contribution < 1.29 is 0 Å². The van der Waals surface area contributed by atoms with Gasteiger partial charge in [-0.05, 0) is 12.1 Å². The Bertz CT molecular complexity index is 262. The average molecular weight is 146 g/mol. The van der Waals surface area contributed by atoms with E-state index in [2.05, 4.69) is 15.3 Å². The Morgan fingerprint density at radius 2 is 1.45 bits per heavy atom. The van der Waals surface area contributed by atoms with Gasteiger partial charge in [-0.15, -0.1) is 0 Å². The van der Waals surface area contributed by atoms with Gasteiger partial charge >= 0.3 is 0 Å². The van der Waals surface area contributed by atoms with Gasteiger partial charge in [-0.25, -0.2) is 5.32 Å². The molecule has 2 heterocycles. The fourth-order valence-corrected chi connectivity index (χ4v) is 0.918. The molecule has 2 rings (SSSR count). The van der Waals surface area contributed by atoms with Crippen molar-refractivity contribution in [2.45, 2.75) is 0 Å². The molecule has 3 heteroatoms. The summed E-state index contributed by atoms with van der Waals surface area (Å²) in [7, 11) is 0. The maximum Gasteiger partial charge on any atom is 0.0811 e. The predicted molar refractivity (Wildman–Crippen MR) is 43.0 cm³/mol. The van der Waals surface area contributed by atoms with E-state index < -0.39 is 0 Å². The first-order chi connectivity index (χ1) is 5.45. The van der Waals surface area contributed by atoms with E-state index in [1.54, 1.807) is 0 Å². The first kappa shape index (κ1) is 6.09. The molecule has 0 unspecified atom stereocenters. The number of rotatable bonds is 2. The van der Waals surface area contributed by atoms with Gasteiger partial charge in [0.15, 0.2) is 0 Å². The van der Waals surface area contributed by atoms with Crippen molar-refractivity contribution in [2.24, 2.45) is 0 Å². The summed E-state index contributed by atoms with van der Waals surface area (Å²) < 4.78 is 0. The Morgan fingerprint density at radius 3 is 1.82 bits per heavy atom. The highest BCUT2D eigenvalue weighted by Gasteiger charge is 1.94. The van der Waals surface area contributed by atoms with Crippen LogP contribution >= 0.6 is 0 Å². The van der Waals surface area contributed by atoms with Gasteiger partial charge in [0.2, 0.25) is 0 Å². The van der Waals surface area contributed by atoms with Gasteiger partial charge in [0.1, 0.15) is 0 Å². The Kier molecular flexibility index (Phi) is 1.41. The second kappa shape index (κ2) is 2.54. The fourth-order valence-electron chi connectivity index (χ4n) is 0.918. The zero-order chi connectivity index (χ0) is 7.52.